The van der Waals surface area contributed by atoms with Gasteiger partial charge in [-0.2, -0.15) is 5.10 Å². The number of rotatable bonds is 3. The first kappa shape index (κ1) is 13.2. The summed E-state index contributed by atoms with van der Waals surface area (Å²) >= 11 is 0. The smallest absolute Gasteiger partial charge is 0.253 e. The molecule has 1 aromatic heterocycles. The first-order valence-electron chi connectivity index (χ1n) is 6.60. The van der Waals surface area contributed by atoms with Crippen LogP contribution in [0.25, 0.3) is 10.9 Å². The fourth-order valence-electron chi connectivity index (χ4n) is 2.26. The summed E-state index contributed by atoms with van der Waals surface area (Å²) in [6.45, 7) is 0.354. The Kier molecular flexibility index (Phi) is 3.31. The van der Waals surface area contributed by atoms with Crippen molar-refractivity contribution >= 4 is 16.8 Å². The molecule has 0 fully saturated rings. The van der Waals surface area contributed by atoms with Crippen LogP contribution in [-0.4, -0.2) is 33.2 Å². The van der Waals surface area contributed by atoms with Crippen molar-refractivity contribution in [3.8, 4) is 5.75 Å². The number of nitrogens with zero attached hydrogens (tertiary/aromatic N) is 2. The zero-order chi connectivity index (χ0) is 14.8. The topological polar surface area (TPSA) is 69.2 Å². The summed E-state index contributed by atoms with van der Waals surface area (Å²) in [5.41, 5.74) is 2.14. The molecule has 5 nitrogen and oxygen atoms in total. The number of para-hydroxylation sites is 1. The molecule has 0 bridgehead atoms. The number of benzene rings is 2. The van der Waals surface area contributed by atoms with Crippen LogP contribution in [0.4, 0.5) is 0 Å². The van der Waals surface area contributed by atoms with Crippen LogP contribution in [-0.2, 0) is 6.54 Å². The van der Waals surface area contributed by atoms with Gasteiger partial charge in [0, 0.05) is 30.1 Å². The summed E-state index contributed by atoms with van der Waals surface area (Å²) in [4.78, 5) is 14.0. The molecule has 0 aliphatic rings. The lowest BCUT2D eigenvalue weighted by atomic mass is 10.1. The van der Waals surface area contributed by atoms with Gasteiger partial charge in [0.1, 0.15) is 5.75 Å². The first-order valence-corrected chi connectivity index (χ1v) is 6.60. The van der Waals surface area contributed by atoms with Gasteiger partial charge in [-0.3, -0.25) is 9.89 Å². The van der Waals surface area contributed by atoms with Crippen molar-refractivity contribution in [2.24, 2.45) is 0 Å². The van der Waals surface area contributed by atoms with Gasteiger partial charge >= 0.3 is 0 Å². The number of phenolic OH excluding ortho intramolecular Hbond substituents is 1. The Labute approximate surface area is 121 Å². The second-order valence-electron chi connectivity index (χ2n) is 4.96. The van der Waals surface area contributed by atoms with Crippen LogP contribution < -0.4 is 0 Å². The van der Waals surface area contributed by atoms with Crippen molar-refractivity contribution in [2.45, 2.75) is 6.54 Å². The maximum atomic E-state index is 12.4. The number of H-pyrrole nitrogens is 1. The van der Waals surface area contributed by atoms with E-state index in [9.17, 15) is 9.90 Å². The minimum absolute atomic E-state index is 0.102. The van der Waals surface area contributed by atoms with Crippen LogP contribution in [0, 0.1) is 0 Å². The highest BCUT2D eigenvalue weighted by molar-refractivity contribution is 5.97. The van der Waals surface area contributed by atoms with Crippen LogP contribution in [0.2, 0.25) is 0 Å². The maximum Gasteiger partial charge on any atom is 0.253 e. The summed E-state index contributed by atoms with van der Waals surface area (Å²) in [7, 11) is 1.71. The van der Waals surface area contributed by atoms with Crippen LogP contribution >= 0.6 is 0 Å². The lowest BCUT2D eigenvalue weighted by Gasteiger charge is -2.18. The number of phenols is 1. The summed E-state index contributed by atoms with van der Waals surface area (Å²) in [5, 5.41) is 17.5. The number of aromatic hydroxyl groups is 1. The Hall–Kier alpha value is -2.82. The highest BCUT2D eigenvalue weighted by atomic mass is 16.3. The van der Waals surface area contributed by atoms with Gasteiger partial charge < -0.3 is 10.0 Å². The molecule has 0 aliphatic carbocycles. The molecule has 1 amide bonds. The van der Waals surface area contributed by atoms with Gasteiger partial charge in [0.2, 0.25) is 0 Å². The van der Waals surface area contributed by atoms with E-state index < -0.39 is 0 Å². The average molecular weight is 281 g/mol. The molecule has 0 radical (unpaired) electrons. The highest BCUT2D eigenvalue weighted by Gasteiger charge is 2.14. The molecule has 0 spiro atoms. The van der Waals surface area contributed by atoms with Crippen LogP contribution in [0.15, 0.2) is 48.7 Å². The zero-order valence-electron chi connectivity index (χ0n) is 11.6. The Morgan fingerprint density at radius 1 is 1.29 bits per heavy atom. The number of carbonyl (C=O) groups excluding carboxylic acids is 1. The Bertz CT molecular complexity index is 795. The van der Waals surface area contributed by atoms with Gasteiger partial charge in [0.05, 0.1) is 11.7 Å². The van der Waals surface area contributed by atoms with Crippen molar-refractivity contribution < 1.29 is 9.90 Å². The van der Waals surface area contributed by atoms with Gasteiger partial charge in [-0.15, -0.1) is 0 Å². The third-order valence-electron chi connectivity index (χ3n) is 3.43. The third kappa shape index (κ3) is 2.58. The summed E-state index contributed by atoms with van der Waals surface area (Å²) in [5.74, 6) is 0.0934. The summed E-state index contributed by atoms with van der Waals surface area (Å²) < 4.78 is 0. The monoisotopic (exact) mass is 281 g/mol. The van der Waals surface area contributed by atoms with Crippen LogP contribution in [0.1, 0.15) is 15.9 Å². The quantitative estimate of drug-likeness (QED) is 0.775. The van der Waals surface area contributed by atoms with Crippen molar-refractivity contribution in [3.63, 3.8) is 0 Å². The van der Waals surface area contributed by atoms with E-state index in [0.29, 0.717) is 12.1 Å². The number of hydrogen-bond acceptors (Lipinski definition) is 3. The predicted molar refractivity (Wildman–Crippen MR) is 80.0 cm³/mol. The first-order chi connectivity index (χ1) is 10.1. The fourth-order valence-corrected chi connectivity index (χ4v) is 2.26. The second-order valence-corrected chi connectivity index (χ2v) is 4.96. The normalized spacial score (nSPS) is 10.7. The van der Waals surface area contributed by atoms with E-state index in [-0.39, 0.29) is 11.7 Å². The van der Waals surface area contributed by atoms with Crippen molar-refractivity contribution in [1.82, 2.24) is 15.1 Å². The lowest BCUT2D eigenvalue weighted by molar-refractivity contribution is 0.0784. The SMILES string of the molecule is CN(Cc1ccccc1O)C(=O)c1ccc2cn[nH]c2c1. The van der Waals surface area contributed by atoms with Crippen molar-refractivity contribution in [2.75, 3.05) is 7.05 Å². The zero-order valence-corrected chi connectivity index (χ0v) is 11.6. The number of nitrogens with one attached hydrogen (secondary N) is 1. The van der Waals surface area contributed by atoms with E-state index in [1.54, 1.807) is 48.5 Å². The largest absolute Gasteiger partial charge is 0.508 e. The molecular formula is C16H15N3O2. The van der Waals surface area contributed by atoms with Gasteiger partial charge in [-0.25, -0.2) is 0 Å². The van der Waals surface area contributed by atoms with Gasteiger partial charge in [-0.1, -0.05) is 24.3 Å². The summed E-state index contributed by atoms with van der Waals surface area (Å²) in [6.07, 6.45) is 1.72. The number of aromatic amines is 1. The highest BCUT2D eigenvalue weighted by Crippen LogP contribution is 2.19. The average Bonchev–Trinajstić information content (AvgIpc) is 2.96. The van der Waals surface area contributed by atoms with Crippen molar-refractivity contribution in [1.29, 1.82) is 0 Å². The molecule has 106 valence electrons. The lowest BCUT2D eigenvalue weighted by Crippen LogP contribution is -2.26. The number of aromatic nitrogens is 2. The maximum absolute atomic E-state index is 12.4. The van der Waals surface area contributed by atoms with Crippen molar-refractivity contribution in [3.05, 3.63) is 59.8 Å². The third-order valence-corrected chi connectivity index (χ3v) is 3.43. The molecule has 2 N–H and O–H groups in total. The number of hydrogen-bond donors (Lipinski definition) is 2. The number of amides is 1. The molecule has 1 heterocycles. The van der Waals surface area contributed by atoms with E-state index in [1.807, 2.05) is 12.1 Å². The number of fused-ring (bicyclic) bond motifs is 1. The molecule has 3 aromatic rings. The molecule has 0 aliphatic heterocycles. The molecule has 2 aromatic carbocycles. The molecular weight excluding hydrogens is 266 g/mol. The minimum atomic E-state index is -0.102. The van der Waals surface area contributed by atoms with E-state index in [1.165, 1.54) is 0 Å². The molecule has 3 rings (SSSR count). The van der Waals surface area contributed by atoms with E-state index >= 15 is 0 Å². The van der Waals surface area contributed by atoms with Gasteiger partial charge in [0.25, 0.3) is 5.91 Å². The predicted octanol–water partition coefficient (Wildman–Crippen LogP) is 2.54. The molecule has 0 unspecified atom stereocenters. The molecule has 21 heavy (non-hydrogen) atoms. The van der Waals surface area contributed by atoms with E-state index in [2.05, 4.69) is 10.2 Å². The number of carbonyl (C=O) groups is 1. The van der Waals surface area contributed by atoms with Crippen LogP contribution in [0.3, 0.4) is 0 Å². The fraction of sp³-hybridized carbons (Fsp3) is 0.125. The van der Waals surface area contributed by atoms with E-state index in [0.717, 1.165) is 16.5 Å². The van der Waals surface area contributed by atoms with Crippen LogP contribution in [0.5, 0.6) is 5.75 Å². The minimum Gasteiger partial charge on any atom is -0.508 e. The van der Waals surface area contributed by atoms with Gasteiger partial charge in [0.15, 0.2) is 0 Å². The standard InChI is InChI=1S/C16H15N3O2/c1-19(10-13-4-2-3-5-15(13)20)16(21)11-6-7-12-9-17-18-14(12)8-11/h2-9,20H,10H2,1H3,(H,17,18). The Balaban J connectivity index is 1.82. The van der Waals surface area contributed by atoms with E-state index in [4.69, 9.17) is 0 Å². The second kappa shape index (κ2) is 5.28. The molecule has 0 atom stereocenters. The summed E-state index contributed by atoms with van der Waals surface area (Å²) in [6, 6.07) is 12.4. The Morgan fingerprint density at radius 2 is 2.10 bits per heavy atom. The Morgan fingerprint density at radius 3 is 2.90 bits per heavy atom. The molecule has 0 saturated heterocycles. The van der Waals surface area contributed by atoms with Gasteiger partial charge in [-0.05, 0) is 18.2 Å². The molecule has 5 heteroatoms. The molecule has 0 saturated carbocycles.